The molecule has 0 atom stereocenters. The van der Waals surface area contributed by atoms with Crippen LogP contribution in [0.2, 0.25) is 0 Å². The average Bonchev–Trinajstić information content (AvgIpc) is 3.20. The minimum Gasteiger partial charge on any atom is -0.256 e. The summed E-state index contributed by atoms with van der Waals surface area (Å²) in [5.41, 5.74) is 12.4. The topological polar surface area (TPSA) is 12.9 Å². The van der Waals surface area contributed by atoms with Crippen LogP contribution in [0, 0.1) is 5.92 Å². The summed E-state index contributed by atoms with van der Waals surface area (Å²) in [4.78, 5) is 4.97. The Morgan fingerprint density at radius 3 is 2.24 bits per heavy atom. The molecule has 6 rings (SSSR count). The van der Waals surface area contributed by atoms with E-state index in [0.29, 0.717) is 5.92 Å². The van der Waals surface area contributed by atoms with Crippen LogP contribution in [0.5, 0.6) is 0 Å². The molecule has 0 unspecified atom stereocenters. The predicted molar refractivity (Wildman–Crippen MR) is 145 cm³/mol. The SMILES string of the molecule is CC(C)Cc1ccc2c(-c3cccc4c3C(C)(C)C3=C4C(C)(C)c4ccccc43)nccc2c1. The van der Waals surface area contributed by atoms with Gasteiger partial charge in [-0.25, -0.2) is 0 Å². The second kappa shape index (κ2) is 7.15. The van der Waals surface area contributed by atoms with Gasteiger partial charge < -0.3 is 0 Å². The highest BCUT2D eigenvalue weighted by atomic mass is 14.7. The Morgan fingerprint density at radius 2 is 1.44 bits per heavy atom. The summed E-state index contributed by atoms with van der Waals surface area (Å²) >= 11 is 0. The minimum atomic E-state index is -0.0907. The van der Waals surface area contributed by atoms with Gasteiger partial charge >= 0.3 is 0 Å². The molecular formula is C33H33N. The normalized spacial score (nSPS) is 17.3. The van der Waals surface area contributed by atoms with Crippen molar-refractivity contribution < 1.29 is 0 Å². The smallest absolute Gasteiger partial charge is 0.0783 e. The summed E-state index contributed by atoms with van der Waals surface area (Å²) in [5.74, 6) is 0.650. The van der Waals surface area contributed by atoms with E-state index < -0.39 is 0 Å². The van der Waals surface area contributed by atoms with Gasteiger partial charge in [-0.1, -0.05) is 102 Å². The first kappa shape index (κ1) is 21.4. The van der Waals surface area contributed by atoms with Crippen molar-refractivity contribution in [2.24, 2.45) is 5.92 Å². The number of nitrogens with zero attached hydrogens (tertiary/aromatic N) is 1. The third kappa shape index (κ3) is 2.83. The number of fused-ring (bicyclic) bond motifs is 5. The second-order valence-electron chi connectivity index (χ2n) is 11.6. The summed E-state index contributed by atoms with van der Waals surface area (Å²) in [6.07, 6.45) is 3.09. The first-order valence-corrected chi connectivity index (χ1v) is 12.6. The zero-order chi connectivity index (χ0) is 23.8. The number of pyridine rings is 1. The van der Waals surface area contributed by atoms with Gasteiger partial charge in [-0.15, -0.1) is 0 Å². The molecule has 0 saturated carbocycles. The monoisotopic (exact) mass is 443 g/mol. The Hall–Kier alpha value is -3.19. The van der Waals surface area contributed by atoms with Crippen LogP contribution in [0.4, 0.5) is 0 Å². The molecule has 1 aromatic heterocycles. The fourth-order valence-corrected chi connectivity index (χ4v) is 6.75. The Kier molecular flexibility index (Phi) is 4.49. The number of hydrogen-bond acceptors (Lipinski definition) is 1. The van der Waals surface area contributed by atoms with Crippen LogP contribution >= 0.6 is 0 Å². The molecule has 0 spiro atoms. The van der Waals surface area contributed by atoms with Crippen molar-refractivity contribution >= 4 is 21.9 Å². The van der Waals surface area contributed by atoms with E-state index in [4.69, 9.17) is 4.98 Å². The van der Waals surface area contributed by atoms with Crippen LogP contribution in [0.15, 0.2) is 72.9 Å². The van der Waals surface area contributed by atoms with Crippen LogP contribution in [-0.4, -0.2) is 4.98 Å². The number of allylic oxidation sites excluding steroid dienone is 2. The molecule has 0 radical (unpaired) electrons. The lowest BCUT2D eigenvalue weighted by Crippen LogP contribution is -2.20. The lowest BCUT2D eigenvalue weighted by atomic mass is 9.74. The average molecular weight is 444 g/mol. The lowest BCUT2D eigenvalue weighted by Gasteiger charge is -2.29. The summed E-state index contributed by atoms with van der Waals surface area (Å²) in [5, 5.41) is 2.52. The molecule has 0 fully saturated rings. The Labute approximate surface area is 203 Å². The molecule has 34 heavy (non-hydrogen) atoms. The summed E-state index contributed by atoms with van der Waals surface area (Å²) < 4.78 is 0. The van der Waals surface area contributed by atoms with E-state index in [2.05, 4.69) is 108 Å². The van der Waals surface area contributed by atoms with E-state index >= 15 is 0 Å². The fraction of sp³-hybridized carbons (Fsp3) is 0.303. The molecule has 4 aromatic rings. The maximum absolute atomic E-state index is 4.97. The fourth-order valence-electron chi connectivity index (χ4n) is 6.75. The Bertz CT molecular complexity index is 1500. The van der Waals surface area contributed by atoms with Crippen molar-refractivity contribution in [1.29, 1.82) is 0 Å². The molecule has 2 aliphatic rings. The van der Waals surface area contributed by atoms with Gasteiger partial charge in [0.15, 0.2) is 0 Å². The van der Waals surface area contributed by atoms with E-state index in [9.17, 15) is 0 Å². The Balaban J connectivity index is 1.58. The summed E-state index contributed by atoms with van der Waals surface area (Å²) in [7, 11) is 0. The van der Waals surface area contributed by atoms with Crippen LogP contribution in [0.3, 0.4) is 0 Å². The maximum atomic E-state index is 4.97. The molecule has 1 heterocycles. The van der Waals surface area contributed by atoms with Crippen molar-refractivity contribution in [3.05, 3.63) is 101 Å². The lowest BCUT2D eigenvalue weighted by molar-refractivity contribution is 0.648. The first-order chi connectivity index (χ1) is 16.2. The molecule has 0 amide bonds. The third-order valence-corrected chi connectivity index (χ3v) is 8.06. The number of rotatable bonds is 3. The highest BCUT2D eigenvalue weighted by Gasteiger charge is 2.50. The van der Waals surface area contributed by atoms with E-state index in [0.717, 1.165) is 12.1 Å². The van der Waals surface area contributed by atoms with Gasteiger partial charge in [0.2, 0.25) is 0 Å². The number of hydrogen-bond donors (Lipinski definition) is 0. The largest absolute Gasteiger partial charge is 0.256 e. The van der Waals surface area contributed by atoms with Gasteiger partial charge in [0, 0.05) is 28.0 Å². The molecular weight excluding hydrogens is 410 g/mol. The van der Waals surface area contributed by atoms with Gasteiger partial charge in [0.25, 0.3) is 0 Å². The van der Waals surface area contributed by atoms with Gasteiger partial charge in [-0.05, 0) is 62.8 Å². The van der Waals surface area contributed by atoms with Gasteiger partial charge in [-0.3, -0.25) is 4.98 Å². The Morgan fingerprint density at radius 1 is 0.735 bits per heavy atom. The van der Waals surface area contributed by atoms with Gasteiger partial charge in [-0.2, -0.15) is 0 Å². The van der Waals surface area contributed by atoms with Crippen molar-refractivity contribution in [1.82, 2.24) is 4.98 Å². The molecule has 0 aliphatic heterocycles. The molecule has 0 bridgehead atoms. The van der Waals surface area contributed by atoms with Gasteiger partial charge in [0.1, 0.15) is 0 Å². The quantitative estimate of drug-likeness (QED) is 0.309. The maximum Gasteiger partial charge on any atom is 0.0783 e. The zero-order valence-corrected chi connectivity index (χ0v) is 21.2. The van der Waals surface area contributed by atoms with Crippen molar-refractivity contribution in [3.63, 3.8) is 0 Å². The summed E-state index contributed by atoms with van der Waals surface area (Å²) in [6.45, 7) is 14.1. The summed E-state index contributed by atoms with van der Waals surface area (Å²) in [6, 6.07) is 24.9. The number of aromatic nitrogens is 1. The molecule has 1 nitrogen and oxygen atoms in total. The molecule has 1 heteroatoms. The first-order valence-electron chi connectivity index (χ1n) is 12.6. The van der Waals surface area contributed by atoms with Crippen molar-refractivity contribution in [2.75, 3.05) is 0 Å². The van der Waals surface area contributed by atoms with Crippen molar-refractivity contribution in [3.8, 4) is 11.3 Å². The minimum absolute atomic E-state index is 0.00893. The molecule has 0 N–H and O–H groups in total. The second-order valence-corrected chi connectivity index (χ2v) is 11.6. The van der Waals surface area contributed by atoms with E-state index in [1.54, 1.807) is 0 Å². The molecule has 170 valence electrons. The zero-order valence-electron chi connectivity index (χ0n) is 21.2. The van der Waals surface area contributed by atoms with Crippen LogP contribution in [0.1, 0.15) is 69.4 Å². The highest BCUT2D eigenvalue weighted by Crippen LogP contribution is 2.63. The molecule has 0 saturated heterocycles. The van der Waals surface area contributed by atoms with Crippen LogP contribution in [-0.2, 0) is 17.3 Å². The van der Waals surface area contributed by atoms with Crippen molar-refractivity contribution in [2.45, 2.75) is 58.8 Å². The molecule has 2 aliphatic carbocycles. The van der Waals surface area contributed by atoms with E-state index in [1.807, 2.05) is 6.20 Å². The number of benzene rings is 3. The third-order valence-electron chi connectivity index (χ3n) is 8.06. The van der Waals surface area contributed by atoms with E-state index in [-0.39, 0.29) is 10.8 Å². The predicted octanol–water partition coefficient (Wildman–Crippen LogP) is 8.59. The highest BCUT2D eigenvalue weighted by molar-refractivity contribution is 6.11. The van der Waals surface area contributed by atoms with Gasteiger partial charge in [0.05, 0.1) is 5.69 Å². The van der Waals surface area contributed by atoms with Crippen LogP contribution < -0.4 is 0 Å². The van der Waals surface area contributed by atoms with E-state index in [1.165, 1.54) is 55.3 Å². The molecule has 3 aromatic carbocycles. The van der Waals surface area contributed by atoms with Crippen LogP contribution in [0.25, 0.3) is 33.2 Å². The standard InChI is InChI=1S/C33H33N/c1-20(2)18-21-14-15-23-22(19-21)16-17-34-31(23)26-12-9-11-25-28(26)33(5,6)29-24-10-7-8-13-27(24)32(3,4)30(25)29/h7-17,19-20H,18H2,1-6H3.